The molecule has 0 aliphatic heterocycles. The number of ketones is 1. The van der Waals surface area contributed by atoms with Crippen molar-refractivity contribution in [3.63, 3.8) is 0 Å². The van der Waals surface area contributed by atoms with E-state index < -0.39 is 11.5 Å². The van der Waals surface area contributed by atoms with Gasteiger partial charge in [0.1, 0.15) is 0 Å². The van der Waals surface area contributed by atoms with Crippen LogP contribution in [0.25, 0.3) is 10.9 Å². The third-order valence-corrected chi connectivity index (χ3v) is 7.71. The van der Waals surface area contributed by atoms with Gasteiger partial charge in [-0.2, -0.15) is 0 Å². The molecule has 1 aliphatic carbocycles. The fraction of sp³-hybridized carbons (Fsp3) is 0.600. The highest BCUT2D eigenvalue weighted by molar-refractivity contribution is 6.19. The minimum absolute atomic E-state index is 0.0521. The molecule has 0 saturated heterocycles. The van der Waals surface area contributed by atoms with Crippen LogP contribution in [0.5, 0.6) is 0 Å². The van der Waals surface area contributed by atoms with Gasteiger partial charge in [-0.05, 0) is 76.1 Å². The first-order chi connectivity index (χ1) is 20.1. The van der Waals surface area contributed by atoms with Crippen LogP contribution in [0.4, 0.5) is 14.7 Å². The zero-order chi connectivity index (χ0) is 34.1. The van der Waals surface area contributed by atoms with E-state index in [1.807, 2.05) is 54.5 Å². The minimum Gasteiger partial charge on any atom is -0.369 e. The summed E-state index contributed by atoms with van der Waals surface area (Å²) >= 11 is 0. The number of nitrogens with zero attached hydrogens (tertiary/aromatic N) is 2. The van der Waals surface area contributed by atoms with Gasteiger partial charge in [-0.15, -0.1) is 0 Å². The Morgan fingerprint density at radius 3 is 1.91 bits per heavy atom. The van der Waals surface area contributed by atoms with Gasteiger partial charge in [0.25, 0.3) is 11.5 Å². The number of halogens is 2. The van der Waals surface area contributed by atoms with Crippen LogP contribution in [0.3, 0.4) is 0 Å². The predicted octanol–water partition coefficient (Wildman–Crippen LogP) is 9.73. The molecule has 0 atom stereocenters. The van der Waals surface area contributed by atoms with Crippen LogP contribution in [-0.2, 0) is 24.2 Å². The Labute approximate surface area is 259 Å². The van der Waals surface area contributed by atoms with E-state index in [0.29, 0.717) is 28.8 Å². The maximum absolute atomic E-state index is 13.5. The molecule has 244 valence electrons. The summed E-state index contributed by atoms with van der Waals surface area (Å²) in [4.78, 5) is 27.2. The number of hydrogen-bond donors (Lipinski definition) is 2. The number of aryl methyl sites for hydroxylation is 1. The Kier molecular flexibility index (Phi) is 19.4. The lowest BCUT2D eigenvalue weighted by Crippen LogP contribution is -2.27. The third kappa shape index (κ3) is 12.5. The quantitative estimate of drug-likeness (QED) is 0.187. The number of allylic oxidation sites excluding steroid dienone is 4. The van der Waals surface area contributed by atoms with Gasteiger partial charge in [0, 0.05) is 30.8 Å². The smallest absolute Gasteiger partial charge is 0.270 e. The number of carbonyl (C=O) groups excluding carboxylic acids is 1. The van der Waals surface area contributed by atoms with Crippen LogP contribution in [0.15, 0.2) is 40.2 Å². The van der Waals surface area contributed by atoms with Crippen LogP contribution >= 0.6 is 0 Å². The highest BCUT2D eigenvalue weighted by Gasteiger charge is 2.32. The van der Waals surface area contributed by atoms with Crippen LogP contribution in [0.1, 0.15) is 126 Å². The zero-order valence-electron chi connectivity index (χ0n) is 29.1. The molecule has 43 heavy (non-hydrogen) atoms. The minimum atomic E-state index is -3.00. The zero-order valence-corrected chi connectivity index (χ0v) is 29.1. The molecule has 0 spiro atoms. The van der Waals surface area contributed by atoms with Crippen LogP contribution < -0.4 is 11.3 Å². The molecule has 0 radical (unpaired) electrons. The molecule has 3 rings (SSSR count). The fourth-order valence-electron chi connectivity index (χ4n) is 4.41. The molecular formula is C35H58F2N4O2. The summed E-state index contributed by atoms with van der Waals surface area (Å²) in [5.74, 6) is -2.98. The third-order valence-electron chi connectivity index (χ3n) is 7.71. The first-order valence-electron chi connectivity index (χ1n) is 15.7. The van der Waals surface area contributed by atoms with Gasteiger partial charge in [0.2, 0.25) is 5.95 Å². The SMILES string of the molecule is C/C=C(C)\C=C(/C(C)=N)C(C)=O.CC.CC.CCC1(CC)CCC1.CCc1cc(C(C)(F)F)cc2c(=O)n(C)c(N)nc12. The highest BCUT2D eigenvalue weighted by Crippen LogP contribution is 2.46. The standard InChI is InChI=1S/C13H15F2N3O.C10H15NO.C8H16.2C2H6/c1-4-7-5-8(13(2,14)15)6-9-10(7)17-12(16)18(3)11(9)19;1-5-7(2)6-10(8(3)11)9(4)12;1-3-8(4-2)6-5-7-8;2*1-2/h5-6H,4H2,1-3H3,(H2,16,17);5-6,11H,1-4H3;3-7H2,1-2H3;2*1-2H3/b;7-5-,10-6+,11-8?;;;. The van der Waals surface area contributed by atoms with Crippen molar-refractivity contribution in [2.24, 2.45) is 12.5 Å². The number of carbonyl (C=O) groups is 1. The molecule has 3 N–H and O–H groups in total. The molecule has 0 amide bonds. The number of nitrogens with one attached hydrogen (secondary N) is 1. The second-order valence-electron chi connectivity index (χ2n) is 10.4. The molecular weight excluding hydrogens is 546 g/mol. The van der Waals surface area contributed by atoms with E-state index in [0.717, 1.165) is 22.5 Å². The van der Waals surface area contributed by atoms with Crippen LogP contribution in [0.2, 0.25) is 0 Å². The van der Waals surface area contributed by atoms with E-state index in [4.69, 9.17) is 11.1 Å². The van der Waals surface area contributed by atoms with E-state index >= 15 is 0 Å². The number of alkyl halides is 2. The molecule has 1 aromatic carbocycles. The summed E-state index contributed by atoms with van der Waals surface area (Å²) in [5.41, 5.74) is 8.67. The Balaban J connectivity index is 0. The van der Waals surface area contributed by atoms with Gasteiger partial charge in [0.05, 0.1) is 10.9 Å². The number of fused-ring (bicyclic) bond motifs is 1. The van der Waals surface area contributed by atoms with Crippen molar-refractivity contribution in [1.82, 2.24) is 9.55 Å². The molecule has 0 bridgehead atoms. The average Bonchev–Trinajstić information content (AvgIpc) is 2.96. The van der Waals surface area contributed by atoms with Crippen LogP contribution in [-0.4, -0.2) is 21.0 Å². The number of anilines is 1. The van der Waals surface area contributed by atoms with Crippen molar-refractivity contribution in [3.05, 3.63) is 56.9 Å². The fourth-order valence-corrected chi connectivity index (χ4v) is 4.41. The first-order valence-corrected chi connectivity index (χ1v) is 15.7. The van der Waals surface area contributed by atoms with Gasteiger partial charge in [0.15, 0.2) is 5.78 Å². The number of nitrogens with two attached hydrogens (primary N) is 1. The monoisotopic (exact) mass is 604 g/mol. The topological polar surface area (TPSA) is 102 Å². The van der Waals surface area contributed by atoms with Gasteiger partial charge in [-0.1, -0.05) is 79.4 Å². The Morgan fingerprint density at radius 2 is 1.60 bits per heavy atom. The van der Waals surface area contributed by atoms with Gasteiger partial charge in [-0.25, -0.2) is 13.8 Å². The van der Waals surface area contributed by atoms with Gasteiger partial charge < -0.3 is 11.1 Å². The first kappa shape index (κ1) is 42.0. The summed E-state index contributed by atoms with van der Waals surface area (Å²) in [6.45, 7) is 22.2. The van der Waals surface area contributed by atoms with Crippen molar-refractivity contribution in [1.29, 1.82) is 5.41 Å². The molecule has 1 heterocycles. The lowest BCUT2D eigenvalue weighted by Gasteiger charge is -2.40. The lowest BCUT2D eigenvalue weighted by atomic mass is 9.65. The molecule has 0 unspecified atom stereocenters. The summed E-state index contributed by atoms with van der Waals surface area (Å²) in [6, 6.07) is 2.58. The molecule has 6 nitrogen and oxygen atoms in total. The highest BCUT2D eigenvalue weighted by atomic mass is 19.3. The molecule has 2 aromatic rings. The van der Waals surface area contributed by atoms with Crippen molar-refractivity contribution in [3.8, 4) is 0 Å². The molecule has 1 fully saturated rings. The van der Waals surface area contributed by atoms with E-state index in [-0.39, 0.29) is 22.7 Å². The number of Topliss-reactive ketones (excluding diaryl/α,β-unsaturated/α-hetero) is 1. The lowest BCUT2D eigenvalue weighted by molar-refractivity contribution is -0.113. The molecule has 1 saturated carbocycles. The number of rotatable bonds is 7. The summed E-state index contributed by atoms with van der Waals surface area (Å²) in [6.07, 6.45) is 11.4. The Morgan fingerprint density at radius 1 is 1.09 bits per heavy atom. The van der Waals surface area contributed by atoms with Crippen LogP contribution in [0, 0.1) is 10.8 Å². The number of aromatic nitrogens is 2. The molecule has 1 aliphatic rings. The Hall–Kier alpha value is -3.16. The summed E-state index contributed by atoms with van der Waals surface area (Å²) < 4.78 is 28.1. The number of hydrogen-bond acceptors (Lipinski definition) is 5. The van der Waals surface area contributed by atoms with E-state index in [1.54, 1.807) is 13.0 Å². The maximum atomic E-state index is 13.5. The second-order valence-corrected chi connectivity index (χ2v) is 10.4. The van der Waals surface area contributed by atoms with Crippen molar-refractivity contribution in [2.75, 3.05) is 5.73 Å². The predicted molar refractivity (Wildman–Crippen MR) is 182 cm³/mol. The second kappa shape index (κ2) is 19.9. The number of nitrogen functional groups attached to an aromatic ring is 1. The van der Waals surface area contributed by atoms with Gasteiger partial charge in [-0.3, -0.25) is 14.2 Å². The number of benzene rings is 1. The summed E-state index contributed by atoms with van der Waals surface area (Å²) in [7, 11) is 1.46. The average molecular weight is 605 g/mol. The molecule has 1 aromatic heterocycles. The molecule has 8 heteroatoms. The van der Waals surface area contributed by atoms with Gasteiger partial charge >= 0.3 is 0 Å². The normalized spacial score (nSPS) is 13.8. The Bertz CT molecular complexity index is 1270. The maximum Gasteiger partial charge on any atom is 0.270 e. The van der Waals surface area contributed by atoms with E-state index in [2.05, 4.69) is 18.8 Å². The van der Waals surface area contributed by atoms with E-state index in [1.165, 1.54) is 58.2 Å². The van der Waals surface area contributed by atoms with E-state index in [9.17, 15) is 18.4 Å². The van der Waals surface area contributed by atoms with Crippen molar-refractivity contribution in [2.45, 2.75) is 128 Å². The van der Waals surface area contributed by atoms with Crippen molar-refractivity contribution >= 4 is 28.3 Å². The summed E-state index contributed by atoms with van der Waals surface area (Å²) in [5, 5.41) is 7.51. The van der Waals surface area contributed by atoms with Crippen molar-refractivity contribution < 1.29 is 13.6 Å². The largest absolute Gasteiger partial charge is 0.369 e.